The number of hydrogen-bond acceptors (Lipinski definition) is 6. The molecule has 108 valence electrons. The highest BCUT2D eigenvalue weighted by Crippen LogP contribution is 2.33. The number of benzene rings is 1. The summed E-state index contributed by atoms with van der Waals surface area (Å²) in [5, 5.41) is 15.3. The molecule has 1 N–H and O–H groups in total. The molecule has 0 aliphatic heterocycles. The average Bonchev–Trinajstić information content (AvgIpc) is 2.76. The first kappa shape index (κ1) is 14.7. The number of aromatic nitrogens is 1. The quantitative estimate of drug-likeness (QED) is 0.653. The molecule has 0 amide bonds. The summed E-state index contributed by atoms with van der Waals surface area (Å²) in [6.07, 6.45) is 0.819. The van der Waals surface area contributed by atoms with Gasteiger partial charge in [-0.15, -0.1) is 11.3 Å². The fourth-order valence-electron chi connectivity index (χ4n) is 2.03. The number of nitro benzene ring substituents is 1. The van der Waals surface area contributed by atoms with Crippen LogP contribution in [0.3, 0.4) is 0 Å². The number of thiazole rings is 1. The predicted octanol–water partition coefficient (Wildman–Crippen LogP) is 3.35. The van der Waals surface area contributed by atoms with Gasteiger partial charge in [-0.25, -0.2) is 4.98 Å². The zero-order valence-corrected chi connectivity index (χ0v) is 12.5. The first-order valence-electron chi connectivity index (χ1n) is 6.36. The molecule has 1 heterocycles. The first-order chi connectivity index (χ1) is 9.55. The van der Waals surface area contributed by atoms with Crippen molar-refractivity contribution in [2.75, 3.05) is 19.0 Å². The van der Waals surface area contributed by atoms with Crippen molar-refractivity contribution in [1.29, 1.82) is 0 Å². The van der Waals surface area contributed by atoms with Gasteiger partial charge in [0.1, 0.15) is 5.69 Å². The molecule has 0 aliphatic carbocycles. The van der Waals surface area contributed by atoms with Crippen molar-refractivity contribution < 1.29 is 9.66 Å². The monoisotopic (exact) mass is 295 g/mol. The molecular weight excluding hydrogens is 278 g/mol. The Morgan fingerprint density at radius 1 is 1.55 bits per heavy atom. The summed E-state index contributed by atoms with van der Waals surface area (Å²) in [7, 11) is 1.62. The van der Waals surface area contributed by atoms with Gasteiger partial charge in [0.2, 0.25) is 0 Å². The van der Waals surface area contributed by atoms with E-state index >= 15 is 0 Å². The van der Waals surface area contributed by atoms with Gasteiger partial charge >= 0.3 is 0 Å². The van der Waals surface area contributed by atoms with Gasteiger partial charge in [0.15, 0.2) is 0 Å². The standard InChI is InChI=1S/C13H17N3O3S/c1-4-9(7-19-3)15-10-5-11-13(20-8(2)14-11)6-12(10)16(17)18/h5-6,9,15H,4,7H2,1-3H3. The van der Waals surface area contributed by atoms with E-state index in [1.165, 1.54) is 11.3 Å². The molecule has 1 atom stereocenters. The smallest absolute Gasteiger partial charge is 0.293 e. The van der Waals surface area contributed by atoms with Gasteiger partial charge < -0.3 is 10.1 Å². The lowest BCUT2D eigenvalue weighted by Crippen LogP contribution is -2.24. The Labute approximate surface area is 120 Å². The van der Waals surface area contributed by atoms with Crippen LogP contribution < -0.4 is 5.32 Å². The van der Waals surface area contributed by atoms with E-state index in [0.717, 1.165) is 21.6 Å². The zero-order chi connectivity index (χ0) is 14.7. The number of methoxy groups -OCH3 is 1. The second-order valence-corrected chi connectivity index (χ2v) is 5.77. The van der Waals surface area contributed by atoms with Crippen molar-refractivity contribution in [3.63, 3.8) is 0 Å². The third kappa shape index (κ3) is 3.05. The van der Waals surface area contributed by atoms with Gasteiger partial charge in [-0.05, 0) is 19.4 Å². The lowest BCUT2D eigenvalue weighted by Gasteiger charge is -2.17. The van der Waals surface area contributed by atoms with Crippen LogP contribution >= 0.6 is 11.3 Å². The normalized spacial score (nSPS) is 12.6. The maximum Gasteiger partial charge on any atom is 0.293 e. The zero-order valence-electron chi connectivity index (χ0n) is 11.7. The van der Waals surface area contributed by atoms with Crippen LogP contribution in [0.1, 0.15) is 18.4 Å². The fourth-order valence-corrected chi connectivity index (χ4v) is 2.87. The maximum absolute atomic E-state index is 11.2. The van der Waals surface area contributed by atoms with Crippen LogP contribution in [0.4, 0.5) is 11.4 Å². The van der Waals surface area contributed by atoms with Gasteiger partial charge in [-0.3, -0.25) is 10.1 Å². The highest BCUT2D eigenvalue weighted by atomic mass is 32.1. The van der Waals surface area contributed by atoms with Crippen LogP contribution in [0, 0.1) is 17.0 Å². The second kappa shape index (κ2) is 6.15. The number of nitrogens with one attached hydrogen (secondary N) is 1. The number of rotatable bonds is 6. The molecule has 20 heavy (non-hydrogen) atoms. The minimum absolute atomic E-state index is 0.0379. The largest absolute Gasteiger partial charge is 0.383 e. The van der Waals surface area contributed by atoms with Crippen molar-refractivity contribution in [1.82, 2.24) is 4.98 Å². The lowest BCUT2D eigenvalue weighted by atomic mass is 10.2. The van der Waals surface area contributed by atoms with Gasteiger partial charge in [0, 0.05) is 19.2 Å². The topological polar surface area (TPSA) is 77.3 Å². The Balaban J connectivity index is 2.43. The van der Waals surface area contributed by atoms with Crippen molar-refractivity contribution in [3.8, 4) is 0 Å². The SMILES string of the molecule is CCC(COC)Nc1cc2nc(C)sc2cc1[N+](=O)[O-]. The molecular formula is C13H17N3O3S. The summed E-state index contributed by atoms with van der Waals surface area (Å²) in [5.74, 6) is 0. The summed E-state index contributed by atoms with van der Waals surface area (Å²) < 4.78 is 5.95. The maximum atomic E-state index is 11.2. The third-order valence-corrected chi connectivity index (χ3v) is 3.96. The predicted molar refractivity (Wildman–Crippen MR) is 80.6 cm³/mol. The summed E-state index contributed by atoms with van der Waals surface area (Å²) in [5.41, 5.74) is 1.36. The van der Waals surface area contributed by atoms with Crippen molar-refractivity contribution in [3.05, 3.63) is 27.3 Å². The van der Waals surface area contributed by atoms with E-state index in [0.29, 0.717) is 12.3 Å². The molecule has 0 saturated heterocycles. The fraction of sp³-hybridized carbons (Fsp3) is 0.462. The molecule has 1 unspecified atom stereocenters. The van der Waals surface area contributed by atoms with E-state index in [9.17, 15) is 10.1 Å². The average molecular weight is 295 g/mol. The molecule has 0 fully saturated rings. The second-order valence-electron chi connectivity index (χ2n) is 4.53. The molecule has 0 saturated carbocycles. The Morgan fingerprint density at radius 3 is 2.90 bits per heavy atom. The first-order valence-corrected chi connectivity index (χ1v) is 7.17. The van der Waals surface area contributed by atoms with E-state index in [4.69, 9.17) is 4.74 Å². The van der Waals surface area contributed by atoms with Gasteiger partial charge in [-0.2, -0.15) is 0 Å². The van der Waals surface area contributed by atoms with E-state index in [1.807, 2.05) is 13.8 Å². The van der Waals surface area contributed by atoms with E-state index in [1.54, 1.807) is 19.2 Å². The molecule has 1 aromatic carbocycles. The highest BCUT2D eigenvalue weighted by molar-refractivity contribution is 7.18. The molecule has 1 aromatic heterocycles. The molecule has 0 aliphatic rings. The third-order valence-electron chi connectivity index (χ3n) is 3.03. The molecule has 2 aromatic rings. The number of fused-ring (bicyclic) bond motifs is 1. The van der Waals surface area contributed by atoms with Gasteiger partial charge in [-0.1, -0.05) is 6.92 Å². The van der Waals surface area contributed by atoms with E-state index in [2.05, 4.69) is 10.3 Å². The van der Waals surface area contributed by atoms with Gasteiger partial charge in [0.25, 0.3) is 5.69 Å². The van der Waals surface area contributed by atoms with Crippen LogP contribution in [-0.2, 0) is 4.74 Å². The molecule has 0 spiro atoms. The van der Waals surface area contributed by atoms with Crippen LogP contribution in [0.2, 0.25) is 0 Å². The van der Waals surface area contributed by atoms with E-state index < -0.39 is 0 Å². The summed E-state index contributed by atoms with van der Waals surface area (Å²) in [6.45, 7) is 4.40. The number of nitrogens with zero attached hydrogens (tertiary/aromatic N) is 2. The number of hydrogen-bond donors (Lipinski definition) is 1. The lowest BCUT2D eigenvalue weighted by molar-refractivity contribution is -0.383. The summed E-state index contributed by atoms with van der Waals surface area (Å²) >= 11 is 1.46. The molecule has 2 rings (SSSR count). The number of ether oxygens (including phenoxy) is 1. The van der Waals surface area contributed by atoms with Gasteiger partial charge in [0.05, 0.1) is 26.8 Å². The summed E-state index contributed by atoms with van der Waals surface area (Å²) in [6, 6.07) is 3.37. The van der Waals surface area contributed by atoms with Crippen molar-refractivity contribution in [2.45, 2.75) is 26.3 Å². The van der Waals surface area contributed by atoms with Crippen LogP contribution in [0.15, 0.2) is 12.1 Å². The summed E-state index contributed by atoms with van der Waals surface area (Å²) in [4.78, 5) is 15.2. The number of nitro groups is 1. The molecule has 6 nitrogen and oxygen atoms in total. The minimum Gasteiger partial charge on any atom is -0.383 e. The minimum atomic E-state index is -0.365. The van der Waals surface area contributed by atoms with Crippen LogP contribution in [0.5, 0.6) is 0 Å². The molecule has 0 radical (unpaired) electrons. The van der Waals surface area contributed by atoms with Crippen LogP contribution in [-0.4, -0.2) is 29.7 Å². The Kier molecular flexibility index (Phi) is 4.51. The Bertz CT molecular complexity index is 627. The van der Waals surface area contributed by atoms with Crippen molar-refractivity contribution >= 4 is 32.9 Å². The van der Waals surface area contributed by atoms with E-state index in [-0.39, 0.29) is 16.7 Å². The number of aryl methyl sites for hydroxylation is 1. The molecule has 0 bridgehead atoms. The highest BCUT2D eigenvalue weighted by Gasteiger charge is 2.19. The van der Waals surface area contributed by atoms with Crippen molar-refractivity contribution in [2.24, 2.45) is 0 Å². The Morgan fingerprint density at radius 2 is 2.30 bits per heavy atom. The molecule has 7 heteroatoms. The van der Waals surface area contributed by atoms with Crippen LogP contribution in [0.25, 0.3) is 10.2 Å². The Hall–Kier alpha value is -1.73. The number of anilines is 1.